The van der Waals surface area contributed by atoms with Gasteiger partial charge in [-0.05, 0) is 63.2 Å². The van der Waals surface area contributed by atoms with Crippen LogP contribution < -0.4 is 0 Å². The van der Waals surface area contributed by atoms with Crippen LogP contribution in [0.4, 0.5) is 0 Å². The highest BCUT2D eigenvalue weighted by Gasteiger charge is 2.32. The van der Waals surface area contributed by atoms with E-state index >= 15 is 0 Å². The SMILES string of the molecule is CCCN1CCC(N2CCN(S(=O)(=O)c3ccc(Cl)cc3)CC2)CC1.O=C(O)C(=O)O. The smallest absolute Gasteiger partial charge is 0.414 e. The van der Waals surface area contributed by atoms with Crippen LogP contribution >= 0.6 is 11.6 Å². The van der Waals surface area contributed by atoms with E-state index < -0.39 is 22.0 Å². The highest BCUT2D eigenvalue weighted by molar-refractivity contribution is 7.89. The molecule has 0 unspecified atom stereocenters. The predicted octanol–water partition coefficient (Wildman–Crippen LogP) is 1.68. The quantitative estimate of drug-likeness (QED) is 0.617. The average Bonchev–Trinajstić information content (AvgIpc) is 2.75. The van der Waals surface area contributed by atoms with Crippen molar-refractivity contribution in [1.29, 1.82) is 0 Å². The van der Waals surface area contributed by atoms with E-state index in [1.807, 2.05) is 0 Å². The molecule has 2 fully saturated rings. The van der Waals surface area contributed by atoms with E-state index in [9.17, 15) is 8.42 Å². The fourth-order valence-corrected chi connectivity index (χ4v) is 5.44. The third kappa shape index (κ3) is 7.43. The van der Waals surface area contributed by atoms with E-state index in [1.54, 1.807) is 28.6 Å². The van der Waals surface area contributed by atoms with Crippen molar-refractivity contribution in [2.75, 3.05) is 45.8 Å². The lowest BCUT2D eigenvalue weighted by Crippen LogP contribution is -2.54. The molecule has 9 nitrogen and oxygen atoms in total. The largest absolute Gasteiger partial charge is 0.473 e. The number of halogens is 1. The van der Waals surface area contributed by atoms with Crippen molar-refractivity contribution >= 4 is 33.6 Å². The minimum atomic E-state index is -3.41. The van der Waals surface area contributed by atoms with Crippen LogP contribution in [0.25, 0.3) is 0 Å². The highest BCUT2D eigenvalue weighted by atomic mass is 35.5. The number of piperidine rings is 1. The molecular weight excluding hydrogens is 446 g/mol. The van der Waals surface area contributed by atoms with Crippen molar-refractivity contribution in [3.8, 4) is 0 Å². The molecule has 1 aromatic rings. The molecule has 2 heterocycles. The van der Waals surface area contributed by atoms with Crippen LogP contribution in [0.3, 0.4) is 0 Å². The Morgan fingerprint density at radius 2 is 1.48 bits per heavy atom. The van der Waals surface area contributed by atoms with E-state index in [0.717, 1.165) is 13.1 Å². The molecule has 0 aliphatic carbocycles. The summed E-state index contributed by atoms with van der Waals surface area (Å²) in [5, 5.41) is 15.3. The molecule has 0 spiro atoms. The van der Waals surface area contributed by atoms with Gasteiger partial charge in [-0.3, -0.25) is 4.90 Å². The number of carboxylic acids is 2. The number of hydrogen-bond acceptors (Lipinski definition) is 6. The molecule has 0 radical (unpaired) electrons. The lowest BCUT2D eigenvalue weighted by Gasteiger charge is -2.42. The third-order valence-corrected chi connectivity index (χ3v) is 7.69. The van der Waals surface area contributed by atoms with Gasteiger partial charge >= 0.3 is 11.9 Å². The van der Waals surface area contributed by atoms with E-state index in [0.29, 0.717) is 29.0 Å². The third-order valence-electron chi connectivity index (χ3n) is 5.52. The topological polar surface area (TPSA) is 118 Å². The Labute approximate surface area is 188 Å². The van der Waals surface area contributed by atoms with Crippen LogP contribution in [0.5, 0.6) is 0 Å². The molecule has 1 aromatic carbocycles. The molecule has 174 valence electrons. The number of piperazine rings is 1. The summed E-state index contributed by atoms with van der Waals surface area (Å²) in [4.78, 5) is 23.6. The zero-order chi connectivity index (χ0) is 23.0. The second-order valence-corrected chi connectivity index (χ2v) is 9.95. The van der Waals surface area contributed by atoms with Crippen molar-refractivity contribution < 1.29 is 28.2 Å². The summed E-state index contributed by atoms with van der Waals surface area (Å²) in [6.45, 7) is 8.55. The first-order valence-corrected chi connectivity index (χ1v) is 12.1. The van der Waals surface area contributed by atoms with Crippen LogP contribution in [-0.2, 0) is 19.6 Å². The maximum absolute atomic E-state index is 12.8. The molecule has 11 heteroatoms. The standard InChI is InChI=1S/C18H28ClN3O2S.C2H2O4/c1-2-9-20-10-7-17(8-11-20)21-12-14-22(15-13-21)25(23,24)18-5-3-16(19)4-6-18;3-1(4)2(5)6/h3-6,17H,2,7-15H2,1H3;(H,3,4)(H,5,6). The fourth-order valence-electron chi connectivity index (χ4n) is 3.89. The Morgan fingerprint density at radius 3 is 1.94 bits per heavy atom. The maximum Gasteiger partial charge on any atom is 0.414 e. The second-order valence-electron chi connectivity index (χ2n) is 7.58. The summed E-state index contributed by atoms with van der Waals surface area (Å²) in [7, 11) is -3.41. The van der Waals surface area contributed by atoms with Gasteiger partial charge in [-0.25, -0.2) is 18.0 Å². The fraction of sp³-hybridized carbons (Fsp3) is 0.600. The molecule has 0 amide bonds. The first-order chi connectivity index (χ1) is 14.6. The number of hydrogen-bond donors (Lipinski definition) is 2. The zero-order valence-corrected chi connectivity index (χ0v) is 19.2. The highest BCUT2D eigenvalue weighted by Crippen LogP contribution is 2.23. The summed E-state index contributed by atoms with van der Waals surface area (Å²) >= 11 is 5.86. The monoisotopic (exact) mass is 475 g/mol. The van der Waals surface area contributed by atoms with Crippen molar-refractivity contribution in [3.63, 3.8) is 0 Å². The first kappa shape index (κ1) is 25.5. The number of likely N-dealkylation sites (tertiary alicyclic amines) is 1. The Morgan fingerprint density at radius 1 is 0.968 bits per heavy atom. The number of aliphatic carboxylic acids is 2. The Kier molecular flexibility index (Phi) is 9.70. The number of carboxylic acid groups (broad SMARTS) is 2. The van der Waals surface area contributed by atoms with Crippen LogP contribution in [0.1, 0.15) is 26.2 Å². The molecule has 0 aromatic heterocycles. The summed E-state index contributed by atoms with van der Waals surface area (Å²) in [6.07, 6.45) is 3.61. The van der Waals surface area contributed by atoms with Gasteiger partial charge in [-0.15, -0.1) is 0 Å². The minimum Gasteiger partial charge on any atom is -0.473 e. The van der Waals surface area contributed by atoms with Gasteiger partial charge < -0.3 is 15.1 Å². The van der Waals surface area contributed by atoms with Crippen LogP contribution in [0.2, 0.25) is 5.02 Å². The van der Waals surface area contributed by atoms with Gasteiger partial charge in [0.15, 0.2) is 0 Å². The van der Waals surface area contributed by atoms with Gasteiger partial charge in [0.1, 0.15) is 0 Å². The average molecular weight is 476 g/mol. The van der Waals surface area contributed by atoms with Gasteiger partial charge in [0, 0.05) is 37.2 Å². The number of sulfonamides is 1. The predicted molar refractivity (Wildman–Crippen MR) is 117 cm³/mol. The van der Waals surface area contributed by atoms with Crippen molar-refractivity contribution in [2.45, 2.75) is 37.1 Å². The Hall–Kier alpha value is -1.72. The van der Waals surface area contributed by atoms with Crippen molar-refractivity contribution in [3.05, 3.63) is 29.3 Å². The van der Waals surface area contributed by atoms with Gasteiger partial charge in [-0.2, -0.15) is 4.31 Å². The van der Waals surface area contributed by atoms with Gasteiger partial charge in [0.2, 0.25) is 10.0 Å². The van der Waals surface area contributed by atoms with E-state index in [1.165, 1.54) is 38.9 Å². The molecule has 3 rings (SSSR count). The maximum atomic E-state index is 12.8. The zero-order valence-electron chi connectivity index (χ0n) is 17.6. The number of rotatable bonds is 5. The van der Waals surface area contributed by atoms with Crippen molar-refractivity contribution in [2.24, 2.45) is 0 Å². The molecule has 0 atom stereocenters. The summed E-state index contributed by atoms with van der Waals surface area (Å²) in [5.41, 5.74) is 0. The minimum absolute atomic E-state index is 0.332. The van der Waals surface area contributed by atoms with E-state index in [4.69, 9.17) is 31.4 Å². The van der Waals surface area contributed by atoms with E-state index in [-0.39, 0.29) is 0 Å². The second kappa shape index (κ2) is 11.8. The molecule has 31 heavy (non-hydrogen) atoms. The van der Waals surface area contributed by atoms with Crippen LogP contribution in [-0.4, -0.2) is 96.5 Å². The lowest BCUT2D eigenvalue weighted by atomic mass is 10.0. The lowest BCUT2D eigenvalue weighted by molar-refractivity contribution is -0.159. The molecule has 2 N–H and O–H groups in total. The summed E-state index contributed by atoms with van der Waals surface area (Å²) < 4.78 is 27.1. The Bertz CT molecular complexity index is 821. The molecule has 0 saturated carbocycles. The number of nitrogens with zero attached hydrogens (tertiary/aromatic N) is 3. The van der Waals surface area contributed by atoms with Crippen LogP contribution in [0.15, 0.2) is 29.2 Å². The normalized spacial score (nSPS) is 19.4. The molecule has 2 aliphatic heterocycles. The summed E-state index contributed by atoms with van der Waals surface area (Å²) in [5.74, 6) is -3.65. The van der Waals surface area contributed by atoms with Gasteiger partial charge in [0.05, 0.1) is 4.90 Å². The van der Waals surface area contributed by atoms with Gasteiger partial charge in [-0.1, -0.05) is 18.5 Å². The number of carbonyl (C=O) groups is 2. The van der Waals surface area contributed by atoms with Crippen LogP contribution in [0, 0.1) is 0 Å². The van der Waals surface area contributed by atoms with Crippen molar-refractivity contribution in [1.82, 2.24) is 14.1 Å². The molecule has 2 aliphatic rings. The Balaban J connectivity index is 0.000000501. The molecule has 0 bridgehead atoms. The molecule has 2 saturated heterocycles. The molecular formula is C20H30ClN3O6S. The first-order valence-electron chi connectivity index (χ1n) is 10.3. The number of benzene rings is 1. The van der Waals surface area contributed by atoms with E-state index in [2.05, 4.69) is 16.7 Å². The summed E-state index contributed by atoms with van der Waals surface area (Å²) in [6, 6.07) is 7.05. The van der Waals surface area contributed by atoms with Gasteiger partial charge in [0.25, 0.3) is 0 Å².